The molecule has 21 heavy (non-hydrogen) atoms. The number of ether oxygens (including phenoxy) is 2. The molecule has 1 aromatic heterocycles. The van der Waals surface area contributed by atoms with Crippen LogP contribution in [0.4, 0.5) is 8.78 Å². The molecule has 2 heterocycles. The third-order valence-electron chi connectivity index (χ3n) is 3.22. The van der Waals surface area contributed by atoms with Gasteiger partial charge in [-0.1, -0.05) is 0 Å². The molecule has 1 N–H and O–H groups in total. The first-order chi connectivity index (χ1) is 9.88. The van der Waals surface area contributed by atoms with Crippen molar-refractivity contribution < 1.29 is 23.0 Å². The Morgan fingerprint density at radius 3 is 2.86 bits per heavy atom. The number of alkyl halides is 2. The van der Waals surface area contributed by atoms with Crippen molar-refractivity contribution in [2.45, 2.75) is 32.1 Å². The van der Waals surface area contributed by atoms with Crippen molar-refractivity contribution in [3.8, 4) is 0 Å². The summed E-state index contributed by atoms with van der Waals surface area (Å²) in [6.07, 6.45) is -3.54. The average molecular weight is 304 g/mol. The minimum atomic E-state index is -2.67. The van der Waals surface area contributed by atoms with Gasteiger partial charge in [0.25, 0.3) is 5.56 Å². The summed E-state index contributed by atoms with van der Waals surface area (Å²) in [6.45, 7) is 0.856. The van der Waals surface area contributed by atoms with Crippen molar-refractivity contribution in [2.24, 2.45) is 5.92 Å². The highest BCUT2D eigenvalue weighted by atomic mass is 19.3. The van der Waals surface area contributed by atoms with E-state index in [9.17, 15) is 23.2 Å². The molecule has 1 fully saturated rings. The van der Waals surface area contributed by atoms with Gasteiger partial charge in [0.1, 0.15) is 18.9 Å². The van der Waals surface area contributed by atoms with Crippen molar-refractivity contribution in [2.75, 3.05) is 6.61 Å². The molecule has 9 heteroatoms. The number of esters is 1. The van der Waals surface area contributed by atoms with Crippen LogP contribution in [-0.2, 0) is 14.3 Å². The maximum atomic E-state index is 13.0. The quantitative estimate of drug-likeness (QED) is 0.806. The molecular weight excluding hydrogens is 290 g/mol. The van der Waals surface area contributed by atoms with Crippen molar-refractivity contribution >= 4 is 5.97 Å². The second-order valence-corrected chi connectivity index (χ2v) is 4.68. The second-order valence-electron chi connectivity index (χ2n) is 4.68. The van der Waals surface area contributed by atoms with E-state index in [4.69, 9.17) is 9.47 Å². The number of aromatic amines is 1. The molecule has 0 aliphatic carbocycles. The average Bonchev–Trinajstić information content (AvgIpc) is 2.80. The van der Waals surface area contributed by atoms with Gasteiger partial charge < -0.3 is 9.47 Å². The Morgan fingerprint density at radius 2 is 2.29 bits per heavy atom. The number of aromatic nitrogens is 2. The van der Waals surface area contributed by atoms with Crippen molar-refractivity contribution in [1.82, 2.24) is 9.55 Å². The summed E-state index contributed by atoms with van der Waals surface area (Å²) in [4.78, 5) is 35.4. The van der Waals surface area contributed by atoms with E-state index in [1.807, 2.05) is 4.98 Å². The normalized spacial score (nSPS) is 25.2. The van der Waals surface area contributed by atoms with Gasteiger partial charge in [-0.15, -0.1) is 0 Å². The maximum Gasteiger partial charge on any atom is 0.330 e. The van der Waals surface area contributed by atoms with Gasteiger partial charge in [-0.05, 0) is 0 Å². The van der Waals surface area contributed by atoms with Gasteiger partial charge in [0.05, 0.1) is 5.92 Å². The van der Waals surface area contributed by atoms with E-state index in [1.54, 1.807) is 0 Å². The molecule has 0 saturated carbocycles. The monoisotopic (exact) mass is 304 g/mol. The lowest BCUT2D eigenvalue weighted by Crippen LogP contribution is -2.32. The molecule has 0 radical (unpaired) electrons. The number of rotatable bonds is 4. The van der Waals surface area contributed by atoms with Crippen LogP contribution in [-0.4, -0.2) is 34.7 Å². The van der Waals surface area contributed by atoms with E-state index < -0.39 is 41.9 Å². The second kappa shape index (κ2) is 6.17. The Kier molecular flexibility index (Phi) is 4.51. The smallest absolute Gasteiger partial charge is 0.330 e. The van der Waals surface area contributed by atoms with Gasteiger partial charge in [-0.3, -0.25) is 19.1 Å². The fourth-order valence-electron chi connectivity index (χ4n) is 2.20. The summed E-state index contributed by atoms with van der Waals surface area (Å²) in [5.74, 6) is -1.76. The van der Waals surface area contributed by atoms with E-state index in [1.165, 1.54) is 6.20 Å². The molecule has 7 nitrogen and oxygen atoms in total. The summed E-state index contributed by atoms with van der Waals surface area (Å²) in [5, 5.41) is 0. The Balaban J connectivity index is 2.18. The first-order valence-electron chi connectivity index (χ1n) is 6.27. The predicted molar refractivity (Wildman–Crippen MR) is 66.0 cm³/mol. The molecule has 0 bridgehead atoms. The highest BCUT2D eigenvalue weighted by molar-refractivity contribution is 5.65. The van der Waals surface area contributed by atoms with Crippen molar-refractivity contribution in [3.05, 3.63) is 33.1 Å². The Hall–Kier alpha value is -2.03. The fourth-order valence-corrected chi connectivity index (χ4v) is 2.20. The SMILES string of the molecule is CC(=O)OC[C@H]1O[C@@H](n2ccc(=O)[nH]c2=O)CC1C(F)F. The fraction of sp³-hybridized carbons (Fsp3) is 0.583. The van der Waals surface area contributed by atoms with Gasteiger partial charge in [0, 0.05) is 25.6 Å². The molecule has 1 saturated heterocycles. The van der Waals surface area contributed by atoms with Gasteiger partial charge >= 0.3 is 11.7 Å². The molecule has 2 rings (SSSR count). The Bertz CT molecular complexity index is 627. The number of halogens is 2. The first-order valence-corrected chi connectivity index (χ1v) is 6.27. The van der Waals surface area contributed by atoms with Crippen LogP contribution in [0.25, 0.3) is 0 Å². The molecule has 1 aliphatic rings. The largest absolute Gasteiger partial charge is 0.463 e. The van der Waals surface area contributed by atoms with E-state index in [-0.39, 0.29) is 13.0 Å². The lowest BCUT2D eigenvalue weighted by atomic mass is 10.0. The van der Waals surface area contributed by atoms with E-state index in [0.717, 1.165) is 17.6 Å². The van der Waals surface area contributed by atoms with Crippen LogP contribution in [0, 0.1) is 5.92 Å². The first kappa shape index (κ1) is 15.4. The molecule has 116 valence electrons. The molecule has 3 atom stereocenters. The molecule has 0 amide bonds. The highest BCUT2D eigenvalue weighted by Crippen LogP contribution is 2.36. The van der Waals surface area contributed by atoms with Crippen LogP contribution in [0.2, 0.25) is 0 Å². The van der Waals surface area contributed by atoms with Crippen LogP contribution in [0.5, 0.6) is 0 Å². The molecular formula is C12H14F2N2O5. The summed E-state index contributed by atoms with van der Waals surface area (Å²) in [7, 11) is 0. The highest BCUT2D eigenvalue weighted by Gasteiger charge is 2.42. The van der Waals surface area contributed by atoms with Gasteiger partial charge in [0.15, 0.2) is 0 Å². The third kappa shape index (κ3) is 3.54. The third-order valence-corrected chi connectivity index (χ3v) is 3.22. The van der Waals surface area contributed by atoms with E-state index >= 15 is 0 Å². The minimum Gasteiger partial charge on any atom is -0.463 e. The summed E-state index contributed by atoms with van der Waals surface area (Å²) < 4.78 is 37.1. The Morgan fingerprint density at radius 1 is 1.57 bits per heavy atom. The maximum absolute atomic E-state index is 13.0. The molecule has 1 aliphatic heterocycles. The van der Waals surface area contributed by atoms with E-state index in [2.05, 4.69) is 0 Å². The van der Waals surface area contributed by atoms with E-state index in [0.29, 0.717) is 0 Å². The summed E-state index contributed by atoms with van der Waals surface area (Å²) in [5.41, 5.74) is -1.33. The molecule has 0 aromatic carbocycles. The van der Waals surface area contributed by atoms with Gasteiger partial charge in [-0.25, -0.2) is 13.6 Å². The number of nitrogens with zero attached hydrogens (tertiary/aromatic N) is 1. The number of H-pyrrole nitrogens is 1. The minimum absolute atomic E-state index is 0.116. The lowest BCUT2D eigenvalue weighted by Gasteiger charge is -2.17. The van der Waals surface area contributed by atoms with Gasteiger partial charge in [0.2, 0.25) is 6.43 Å². The standard InChI is InChI=1S/C12H14F2N2O5/c1-6(17)20-5-8-7(11(13)14)4-10(21-8)16-3-2-9(18)15-12(16)19/h2-3,7-8,10-11H,4-5H2,1H3,(H,15,18,19)/t7?,8-,10-/m1/s1. The van der Waals surface area contributed by atoms with Crippen LogP contribution in [0.1, 0.15) is 19.6 Å². The zero-order valence-corrected chi connectivity index (χ0v) is 11.1. The van der Waals surface area contributed by atoms with Crippen LogP contribution >= 0.6 is 0 Å². The number of hydrogen-bond acceptors (Lipinski definition) is 5. The number of carbonyl (C=O) groups is 1. The van der Waals surface area contributed by atoms with Crippen LogP contribution in [0.15, 0.2) is 21.9 Å². The summed E-state index contributed by atoms with van der Waals surface area (Å²) in [6, 6.07) is 1.10. The summed E-state index contributed by atoms with van der Waals surface area (Å²) >= 11 is 0. The molecule has 1 aromatic rings. The number of nitrogens with one attached hydrogen (secondary N) is 1. The van der Waals surface area contributed by atoms with Crippen LogP contribution in [0.3, 0.4) is 0 Å². The predicted octanol–water partition coefficient (Wildman–Crippen LogP) is 0.268. The van der Waals surface area contributed by atoms with Crippen LogP contribution < -0.4 is 11.2 Å². The van der Waals surface area contributed by atoms with Gasteiger partial charge in [-0.2, -0.15) is 0 Å². The van der Waals surface area contributed by atoms with Crippen molar-refractivity contribution in [1.29, 1.82) is 0 Å². The molecule has 1 unspecified atom stereocenters. The number of hydrogen-bond donors (Lipinski definition) is 1. The van der Waals surface area contributed by atoms with Crippen molar-refractivity contribution in [3.63, 3.8) is 0 Å². The zero-order chi connectivity index (χ0) is 15.6. The zero-order valence-electron chi connectivity index (χ0n) is 11.1. The Labute approximate surface area is 117 Å². The lowest BCUT2D eigenvalue weighted by molar-refractivity contribution is -0.147. The molecule has 0 spiro atoms. The topological polar surface area (TPSA) is 90.4 Å². The number of carbonyl (C=O) groups excluding carboxylic acids is 1.